The van der Waals surface area contributed by atoms with Crippen LogP contribution in [-0.2, 0) is 14.8 Å². The summed E-state index contributed by atoms with van der Waals surface area (Å²) < 4.78 is 43.0. The number of nitrogens with zero attached hydrogens (tertiary/aromatic N) is 2. The summed E-state index contributed by atoms with van der Waals surface area (Å²) in [7, 11) is 0.996. The van der Waals surface area contributed by atoms with Crippen LogP contribution in [0.1, 0.15) is 24.0 Å². The summed E-state index contributed by atoms with van der Waals surface area (Å²) in [4.78, 5) is 12.8. The van der Waals surface area contributed by atoms with Crippen LogP contribution < -0.4 is 19.6 Å². The first-order valence-corrected chi connectivity index (χ1v) is 11.9. The Morgan fingerprint density at radius 1 is 1.03 bits per heavy atom. The lowest BCUT2D eigenvalue weighted by molar-refractivity contribution is -0.126. The third kappa shape index (κ3) is 5.63. The zero-order chi connectivity index (χ0) is 24.0. The minimum absolute atomic E-state index is 0.244. The van der Waals surface area contributed by atoms with E-state index in [0.717, 1.165) is 5.56 Å². The summed E-state index contributed by atoms with van der Waals surface area (Å²) in [6.07, 6.45) is 2.34. The van der Waals surface area contributed by atoms with Gasteiger partial charge < -0.3 is 14.2 Å². The Labute approximate surface area is 194 Å². The van der Waals surface area contributed by atoms with E-state index in [0.29, 0.717) is 35.7 Å². The Balaban J connectivity index is 1.58. The predicted octanol–water partition coefficient (Wildman–Crippen LogP) is 2.57. The van der Waals surface area contributed by atoms with Gasteiger partial charge in [-0.25, -0.2) is 13.8 Å². The summed E-state index contributed by atoms with van der Waals surface area (Å²) in [5, 5.41) is 4.04. The third-order valence-corrected chi connectivity index (χ3v) is 7.47. The molecule has 0 aromatic heterocycles. The van der Waals surface area contributed by atoms with E-state index < -0.39 is 10.0 Å². The SMILES string of the molecule is COc1cc(/C=N/NC(=O)C2CCN(S(=O)(=O)c3ccc(C)cc3)CC2)cc(OC)c1OC. The molecule has 1 aliphatic rings. The molecular formula is C23H29N3O6S. The zero-order valence-corrected chi connectivity index (χ0v) is 20.0. The van der Waals surface area contributed by atoms with Crippen LogP contribution in [0.15, 0.2) is 46.4 Å². The molecule has 9 nitrogen and oxygen atoms in total. The highest BCUT2D eigenvalue weighted by Gasteiger charge is 2.32. The number of aryl methyl sites for hydroxylation is 1. The van der Waals surface area contributed by atoms with Crippen LogP contribution in [0.25, 0.3) is 0 Å². The zero-order valence-electron chi connectivity index (χ0n) is 19.2. The van der Waals surface area contributed by atoms with Gasteiger partial charge in [0.15, 0.2) is 11.5 Å². The fourth-order valence-electron chi connectivity index (χ4n) is 3.66. The van der Waals surface area contributed by atoms with Crippen molar-refractivity contribution in [2.45, 2.75) is 24.7 Å². The molecule has 10 heteroatoms. The number of sulfonamides is 1. The van der Waals surface area contributed by atoms with Crippen molar-refractivity contribution in [1.82, 2.24) is 9.73 Å². The number of ether oxygens (including phenoxy) is 3. The fraction of sp³-hybridized carbons (Fsp3) is 0.391. The van der Waals surface area contributed by atoms with Crippen LogP contribution in [0.5, 0.6) is 17.2 Å². The maximum Gasteiger partial charge on any atom is 0.243 e. The van der Waals surface area contributed by atoms with Gasteiger partial charge in [-0.2, -0.15) is 9.41 Å². The van der Waals surface area contributed by atoms with Crippen LogP contribution in [0.4, 0.5) is 0 Å². The number of hydrogen-bond acceptors (Lipinski definition) is 7. The van der Waals surface area contributed by atoms with Gasteiger partial charge in [0.2, 0.25) is 21.7 Å². The highest BCUT2D eigenvalue weighted by Crippen LogP contribution is 2.37. The topological polar surface area (TPSA) is 107 Å². The molecule has 1 N–H and O–H groups in total. The van der Waals surface area contributed by atoms with Crippen molar-refractivity contribution in [3.8, 4) is 17.2 Å². The van der Waals surface area contributed by atoms with Gasteiger partial charge in [0.05, 0.1) is 32.4 Å². The summed E-state index contributed by atoms with van der Waals surface area (Å²) in [6.45, 7) is 2.47. The number of benzene rings is 2. The second kappa shape index (κ2) is 10.7. The van der Waals surface area contributed by atoms with Crippen LogP contribution >= 0.6 is 0 Å². The highest BCUT2D eigenvalue weighted by molar-refractivity contribution is 7.89. The van der Waals surface area contributed by atoms with Crippen molar-refractivity contribution in [1.29, 1.82) is 0 Å². The van der Waals surface area contributed by atoms with Crippen molar-refractivity contribution >= 4 is 22.1 Å². The number of hydrogen-bond donors (Lipinski definition) is 1. The second-order valence-electron chi connectivity index (χ2n) is 7.68. The van der Waals surface area contributed by atoms with E-state index in [9.17, 15) is 13.2 Å². The summed E-state index contributed by atoms with van der Waals surface area (Å²) in [5.41, 5.74) is 4.20. The van der Waals surface area contributed by atoms with Gasteiger partial charge >= 0.3 is 0 Å². The molecule has 1 saturated heterocycles. The van der Waals surface area contributed by atoms with Gasteiger partial charge in [0.1, 0.15) is 0 Å². The Hall–Kier alpha value is -3.11. The van der Waals surface area contributed by atoms with Crippen LogP contribution in [0.2, 0.25) is 0 Å². The van der Waals surface area contributed by atoms with Crippen LogP contribution in [0.3, 0.4) is 0 Å². The number of hydrazone groups is 1. The minimum atomic E-state index is -3.56. The molecule has 2 aromatic rings. The van der Waals surface area contributed by atoms with E-state index in [1.807, 2.05) is 6.92 Å². The van der Waals surface area contributed by atoms with Crippen molar-refractivity contribution in [3.05, 3.63) is 47.5 Å². The van der Waals surface area contributed by atoms with Gasteiger partial charge in [-0.1, -0.05) is 17.7 Å². The van der Waals surface area contributed by atoms with Gasteiger partial charge in [0.25, 0.3) is 0 Å². The molecule has 3 rings (SSSR count). The number of carbonyl (C=O) groups is 1. The molecule has 1 amide bonds. The van der Waals surface area contributed by atoms with Gasteiger partial charge in [0, 0.05) is 24.6 Å². The van der Waals surface area contributed by atoms with E-state index in [2.05, 4.69) is 10.5 Å². The maximum absolute atomic E-state index is 12.8. The fourth-order valence-corrected chi connectivity index (χ4v) is 5.12. The Kier molecular flexibility index (Phi) is 7.93. The molecule has 1 heterocycles. The molecule has 0 aliphatic carbocycles. The number of nitrogens with one attached hydrogen (secondary N) is 1. The Morgan fingerprint density at radius 3 is 2.12 bits per heavy atom. The first kappa shape index (κ1) is 24.5. The highest BCUT2D eigenvalue weighted by atomic mass is 32.2. The molecule has 0 radical (unpaired) electrons. The standard InChI is InChI=1S/C23H29N3O6S/c1-16-5-7-19(8-6-16)33(28,29)26-11-9-18(10-12-26)23(27)25-24-15-17-13-20(30-2)22(32-4)21(14-17)31-3/h5-8,13-15,18H,9-12H2,1-4H3,(H,25,27)/b24-15+. The number of piperidine rings is 1. The average Bonchev–Trinajstić information content (AvgIpc) is 2.83. The smallest absolute Gasteiger partial charge is 0.243 e. The van der Waals surface area contributed by atoms with Crippen molar-refractivity contribution in [2.75, 3.05) is 34.4 Å². The van der Waals surface area contributed by atoms with Crippen molar-refractivity contribution in [2.24, 2.45) is 11.0 Å². The van der Waals surface area contributed by atoms with E-state index in [1.54, 1.807) is 36.4 Å². The average molecular weight is 476 g/mol. The van der Waals surface area contributed by atoms with Crippen molar-refractivity contribution in [3.63, 3.8) is 0 Å². The molecule has 0 saturated carbocycles. The predicted molar refractivity (Wildman–Crippen MR) is 124 cm³/mol. The van der Waals surface area contributed by atoms with Gasteiger partial charge in [-0.05, 0) is 44.0 Å². The maximum atomic E-state index is 12.8. The van der Waals surface area contributed by atoms with Gasteiger partial charge in [-0.15, -0.1) is 0 Å². The van der Waals surface area contributed by atoms with E-state index in [1.165, 1.54) is 31.8 Å². The second-order valence-corrected chi connectivity index (χ2v) is 9.62. The normalized spacial score (nSPS) is 15.4. The summed E-state index contributed by atoms with van der Waals surface area (Å²) in [5.74, 6) is 0.865. The monoisotopic (exact) mass is 475 g/mol. The molecule has 0 spiro atoms. The minimum Gasteiger partial charge on any atom is -0.493 e. The first-order valence-electron chi connectivity index (χ1n) is 10.5. The lowest BCUT2D eigenvalue weighted by Crippen LogP contribution is -2.42. The number of methoxy groups -OCH3 is 3. The Morgan fingerprint density at radius 2 is 1.61 bits per heavy atom. The molecule has 0 atom stereocenters. The molecular weight excluding hydrogens is 446 g/mol. The van der Waals surface area contributed by atoms with Gasteiger partial charge in [-0.3, -0.25) is 4.79 Å². The largest absolute Gasteiger partial charge is 0.493 e. The number of rotatable bonds is 8. The quantitative estimate of drug-likeness (QED) is 0.465. The summed E-state index contributed by atoms with van der Waals surface area (Å²) in [6, 6.07) is 10.2. The number of carbonyl (C=O) groups excluding carboxylic acids is 1. The van der Waals surface area contributed by atoms with E-state index in [4.69, 9.17) is 14.2 Å². The third-order valence-electron chi connectivity index (χ3n) is 5.56. The first-order chi connectivity index (χ1) is 15.8. The molecule has 1 aliphatic heterocycles. The van der Waals surface area contributed by atoms with E-state index >= 15 is 0 Å². The lowest BCUT2D eigenvalue weighted by atomic mass is 9.98. The molecule has 0 bridgehead atoms. The molecule has 0 unspecified atom stereocenters. The number of amides is 1. The van der Waals surface area contributed by atoms with Crippen LogP contribution in [0, 0.1) is 12.8 Å². The molecule has 2 aromatic carbocycles. The molecule has 1 fully saturated rings. The van der Waals surface area contributed by atoms with Crippen molar-refractivity contribution < 1.29 is 27.4 Å². The lowest BCUT2D eigenvalue weighted by Gasteiger charge is -2.30. The molecule has 33 heavy (non-hydrogen) atoms. The molecule has 178 valence electrons. The summed E-state index contributed by atoms with van der Waals surface area (Å²) >= 11 is 0. The Bertz CT molecular complexity index is 1080. The van der Waals surface area contributed by atoms with Crippen LogP contribution in [-0.4, -0.2) is 59.3 Å². The van der Waals surface area contributed by atoms with E-state index in [-0.39, 0.29) is 29.8 Å².